The molecule has 2 N–H and O–H groups in total. The summed E-state index contributed by atoms with van der Waals surface area (Å²) in [6, 6.07) is 10.3. The number of anilines is 1. The number of carbonyl (C=O) groups is 1. The summed E-state index contributed by atoms with van der Waals surface area (Å²) in [4.78, 5) is 20.2. The lowest BCUT2D eigenvalue weighted by Crippen LogP contribution is -2.13. The summed E-state index contributed by atoms with van der Waals surface area (Å²) in [6.07, 6.45) is 2.79. The lowest BCUT2D eigenvalue weighted by molar-refractivity contribution is 0.151. The van der Waals surface area contributed by atoms with Crippen molar-refractivity contribution < 1.29 is 18.1 Å². The van der Waals surface area contributed by atoms with Crippen molar-refractivity contribution >= 4 is 21.5 Å². The fourth-order valence-electron chi connectivity index (χ4n) is 3.22. The molecule has 11 heteroatoms. The van der Waals surface area contributed by atoms with Crippen molar-refractivity contribution in [3.63, 3.8) is 0 Å². The van der Waals surface area contributed by atoms with Crippen molar-refractivity contribution in [1.82, 2.24) is 19.7 Å². The number of pyridine rings is 1. The van der Waals surface area contributed by atoms with E-state index in [0.717, 1.165) is 16.3 Å². The number of ether oxygens (including phenoxy) is 1. The monoisotopic (exact) mass is 430 g/mol. The highest BCUT2D eigenvalue weighted by Crippen LogP contribution is 2.35. The Balaban J connectivity index is 1.54. The number of benzene rings is 1. The molecule has 0 radical (unpaired) electrons. The van der Waals surface area contributed by atoms with Crippen LogP contribution in [0.3, 0.4) is 0 Å². The van der Waals surface area contributed by atoms with Crippen LogP contribution < -0.4 is 5.73 Å². The molecule has 0 bridgehead atoms. The van der Waals surface area contributed by atoms with Crippen molar-refractivity contribution in [1.29, 1.82) is 0 Å². The number of nitrogen functional groups attached to an aromatic ring is 1. The van der Waals surface area contributed by atoms with Crippen LogP contribution in [0.1, 0.15) is 29.5 Å². The van der Waals surface area contributed by atoms with Crippen molar-refractivity contribution in [2.75, 3.05) is 11.5 Å². The summed E-state index contributed by atoms with van der Waals surface area (Å²) < 4.78 is 37.6. The fourth-order valence-corrected chi connectivity index (χ4v) is 5.58. The van der Waals surface area contributed by atoms with Crippen molar-refractivity contribution in [2.24, 2.45) is 4.36 Å². The third-order valence-corrected chi connectivity index (χ3v) is 7.31. The molecule has 156 valence electrons. The topological polar surface area (TPSA) is 125 Å². The first-order valence-corrected chi connectivity index (χ1v) is 11.0. The predicted octanol–water partition coefficient (Wildman–Crippen LogP) is 3.02. The number of nitrogens with two attached hydrogens (primary N) is 1. The maximum Gasteiger partial charge on any atom is 0.442 e. The fraction of sp³-hybridized carbons (Fsp3) is 0.263. The number of halogens is 1. The lowest BCUT2D eigenvalue weighted by Gasteiger charge is -2.10. The van der Waals surface area contributed by atoms with Gasteiger partial charge in [0.2, 0.25) is 0 Å². The van der Waals surface area contributed by atoms with Gasteiger partial charge in [-0.05, 0) is 18.4 Å². The Kier molecular flexibility index (Phi) is 5.44. The van der Waals surface area contributed by atoms with Crippen LogP contribution in [0, 0.1) is 5.82 Å². The molecule has 9 nitrogen and oxygen atoms in total. The Labute approximate surface area is 172 Å². The summed E-state index contributed by atoms with van der Waals surface area (Å²) in [5.74, 6) is -0.282. The summed E-state index contributed by atoms with van der Waals surface area (Å²) in [7, 11) is -2.96. The average molecular weight is 430 g/mol. The first-order valence-electron chi connectivity index (χ1n) is 9.22. The van der Waals surface area contributed by atoms with Gasteiger partial charge in [0.25, 0.3) is 0 Å². The van der Waals surface area contributed by atoms with Gasteiger partial charge in [0, 0.05) is 11.8 Å². The Bertz CT molecular complexity index is 1190. The standard InChI is InChI=1S/C19H19FN6O3S/c20-15-9-14(21)10-22-18(15)26-12-23-17(24-26)16-7-4-8-30(16,28)25-19(27)29-11-13-5-2-1-3-6-13/h1-3,5-6,9-10,12,16H,4,7-8,11,21H2. The minimum Gasteiger partial charge on any atom is -0.443 e. The highest BCUT2D eigenvalue weighted by molar-refractivity contribution is 7.94. The molecule has 30 heavy (non-hydrogen) atoms. The molecule has 2 unspecified atom stereocenters. The first-order chi connectivity index (χ1) is 14.4. The van der Waals surface area contributed by atoms with Gasteiger partial charge in [-0.25, -0.2) is 23.4 Å². The number of nitrogens with zero attached hydrogens (tertiary/aromatic N) is 5. The second-order valence-electron chi connectivity index (χ2n) is 6.78. The first kappa shape index (κ1) is 20.0. The zero-order chi connectivity index (χ0) is 21.1. The van der Waals surface area contributed by atoms with Gasteiger partial charge in [-0.3, -0.25) is 0 Å². The number of hydrogen-bond donors (Lipinski definition) is 1. The quantitative estimate of drug-likeness (QED) is 0.674. The number of amides is 1. The largest absolute Gasteiger partial charge is 0.443 e. The summed E-state index contributed by atoms with van der Waals surface area (Å²) in [6.45, 7) is 0.0400. The van der Waals surface area contributed by atoms with E-state index in [1.165, 1.54) is 12.5 Å². The maximum absolute atomic E-state index is 14.1. The predicted molar refractivity (Wildman–Crippen MR) is 108 cm³/mol. The number of rotatable bonds is 4. The second kappa shape index (κ2) is 8.19. The van der Waals surface area contributed by atoms with Crippen molar-refractivity contribution in [2.45, 2.75) is 24.7 Å². The van der Waals surface area contributed by atoms with E-state index < -0.39 is 26.9 Å². The smallest absolute Gasteiger partial charge is 0.442 e. The van der Waals surface area contributed by atoms with Gasteiger partial charge in [0.15, 0.2) is 17.5 Å². The summed E-state index contributed by atoms with van der Waals surface area (Å²) in [5.41, 5.74) is 6.50. The maximum atomic E-state index is 14.1. The Hall–Kier alpha value is -3.34. The minimum absolute atomic E-state index is 0.0400. The molecule has 1 aliphatic rings. The number of aromatic nitrogens is 4. The number of hydrogen-bond acceptors (Lipinski definition) is 7. The van der Waals surface area contributed by atoms with Gasteiger partial charge >= 0.3 is 6.09 Å². The summed E-state index contributed by atoms with van der Waals surface area (Å²) in [5, 5.41) is 3.57. The minimum atomic E-state index is -2.96. The molecule has 2 aromatic heterocycles. The molecule has 0 saturated carbocycles. The molecule has 3 heterocycles. The molecule has 3 aromatic rings. The molecule has 1 aromatic carbocycles. The zero-order valence-corrected chi connectivity index (χ0v) is 16.7. The molecule has 4 rings (SSSR count). The highest BCUT2D eigenvalue weighted by atomic mass is 32.2. The molecular weight excluding hydrogens is 411 g/mol. The van der Waals surface area contributed by atoms with Crippen LogP contribution in [0.4, 0.5) is 14.9 Å². The van der Waals surface area contributed by atoms with Gasteiger partial charge in [-0.2, -0.15) is 4.68 Å². The SMILES string of the molecule is Nc1cnc(-n2cnc(C3CCCS3(=O)=NC(=O)OCc3ccccc3)n2)c(F)c1. The van der Waals surface area contributed by atoms with Crippen LogP contribution in [-0.4, -0.2) is 35.8 Å². The third-order valence-electron chi connectivity index (χ3n) is 4.64. The third kappa shape index (κ3) is 4.15. The van der Waals surface area contributed by atoms with Crippen molar-refractivity contribution in [3.8, 4) is 5.82 Å². The van der Waals surface area contributed by atoms with Gasteiger partial charge in [0.1, 0.15) is 18.2 Å². The van der Waals surface area contributed by atoms with Gasteiger partial charge in [-0.15, -0.1) is 9.46 Å². The van der Waals surface area contributed by atoms with Crippen LogP contribution in [0.25, 0.3) is 5.82 Å². The molecule has 1 amide bonds. The van der Waals surface area contributed by atoms with Crippen LogP contribution >= 0.6 is 0 Å². The Morgan fingerprint density at radius 3 is 2.90 bits per heavy atom. The second-order valence-corrected chi connectivity index (χ2v) is 9.32. The average Bonchev–Trinajstić information content (AvgIpc) is 3.34. The van der Waals surface area contributed by atoms with E-state index in [4.69, 9.17) is 10.5 Å². The van der Waals surface area contributed by atoms with E-state index in [2.05, 4.69) is 19.4 Å². The van der Waals surface area contributed by atoms with Crippen LogP contribution in [0.2, 0.25) is 0 Å². The molecule has 0 aliphatic carbocycles. The molecular formula is C19H19FN6O3S. The van der Waals surface area contributed by atoms with Crippen molar-refractivity contribution in [3.05, 3.63) is 66.1 Å². The lowest BCUT2D eigenvalue weighted by atomic mass is 10.2. The number of carbonyl (C=O) groups excluding carboxylic acids is 1. The normalized spacial score (nSPS) is 20.8. The Morgan fingerprint density at radius 2 is 2.13 bits per heavy atom. The van der Waals surface area contributed by atoms with E-state index in [9.17, 15) is 13.4 Å². The van der Waals surface area contributed by atoms with Gasteiger partial charge < -0.3 is 10.5 Å². The molecule has 1 saturated heterocycles. The molecule has 2 atom stereocenters. The van der Waals surface area contributed by atoms with E-state index in [-0.39, 0.29) is 29.7 Å². The highest BCUT2D eigenvalue weighted by Gasteiger charge is 2.35. The van der Waals surface area contributed by atoms with Crippen LogP contribution in [-0.2, 0) is 21.1 Å². The van der Waals surface area contributed by atoms with E-state index >= 15 is 0 Å². The molecule has 1 aliphatic heterocycles. The van der Waals surface area contributed by atoms with Gasteiger partial charge in [-0.1, -0.05) is 30.3 Å². The van der Waals surface area contributed by atoms with Crippen LogP contribution in [0.15, 0.2) is 53.3 Å². The van der Waals surface area contributed by atoms with E-state index in [0.29, 0.717) is 12.8 Å². The summed E-state index contributed by atoms with van der Waals surface area (Å²) >= 11 is 0. The Morgan fingerprint density at radius 1 is 1.33 bits per heavy atom. The van der Waals surface area contributed by atoms with E-state index in [1.807, 2.05) is 30.3 Å². The zero-order valence-electron chi connectivity index (χ0n) is 15.8. The van der Waals surface area contributed by atoms with E-state index in [1.54, 1.807) is 0 Å². The molecule has 0 spiro atoms. The molecule has 1 fully saturated rings. The van der Waals surface area contributed by atoms with Crippen LogP contribution in [0.5, 0.6) is 0 Å². The van der Waals surface area contributed by atoms with Gasteiger partial charge in [0.05, 0.1) is 21.6 Å².